The van der Waals surface area contributed by atoms with Crippen LogP contribution >= 0.6 is 0 Å². The molecule has 3 aromatic rings. The van der Waals surface area contributed by atoms with Crippen LogP contribution in [0.3, 0.4) is 0 Å². The molecule has 2 aromatic heterocycles. The van der Waals surface area contributed by atoms with Gasteiger partial charge in [0.15, 0.2) is 5.88 Å². The standard InChI is InChI=1S/C19H20N2O/c1-13-9-15(14-5-4-8-20-11-14)10-16-12-21(19(22)18(13)16)17-6-2-3-7-17/h4-5,8-12,17,22H,2-3,6-7H2,1H3. The molecule has 0 atom stereocenters. The smallest absolute Gasteiger partial charge is 0.199 e. The minimum atomic E-state index is 0.428. The molecule has 1 saturated carbocycles. The van der Waals surface area contributed by atoms with E-state index in [0.29, 0.717) is 11.9 Å². The Balaban J connectivity index is 1.88. The molecule has 1 aromatic carbocycles. The van der Waals surface area contributed by atoms with Gasteiger partial charge in [0, 0.05) is 41.0 Å². The summed E-state index contributed by atoms with van der Waals surface area (Å²) in [6.45, 7) is 2.07. The van der Waals surface area contributed by atoms with E-state index in [1.165, 1.54) is 25.7 Å². The number of aromatic nitrogens is 2. The second-order valence-corrected chi connectivity index (χ2v) is 6.30. The van der Waals surface area contributed by atoms with E-state index in [2.05, 4.69) is 40.9 Å². The number of nitrogens with zero attached hydrogens (tertiary/aromatic N) is 2. The monoisotopic (exact) mass is 292 g/mol. The van der Waals surface area contributed by atoms with Gasteiger partial charge in [-0.05, 0) is 43.0 Å². The van der Waals surface area contributed by atoms with E-state index < -0.39 is 0 Å². The minimum absolute atomic E-state index is 0.428. The molecule has 1 aliphatic carbocycles. The molecule has 2 heterocycles. The summed E-state index contributed by atoms with van der Waals surface area (Å²) in [6, 6.07) is 8.77. The summed E-state index contributed by atoms with van der Waals surface area (Å²) in [4.78, 5) is 4.20. The maximum atomic E-state index is 10.6. The maximum Gasteiger partial charge on any atom is 0.199 e. The third-order valence-corrected chi connectivity index (χ3v) is 4.83. The quantitative estimate of drug-likeness (QED) is 0.734. The Kier molecular flexibility index (Phi) is 3.14. The van der Waals surface area contributed by atoms with Crippen LogP contribution in [0, 0.1) is 6.92 Å². The molecule has 0 aliphatic heterocycles. The number of rotatable bonds is 2. The van der Waals surface area contributed by atoms with E-state index in [-0.39, 0.29) is 0 Å². The van der Waals surface area contributed by atoms with E-state index >= 15 is 0 Å². The second-order valence-electron chi connectivity index (χ2n) is 6.30. The molecule has 22 heavy (non-hydrogen) atoms. The SMILES string of the molecule is Cc1cc(-c2cccnc2)cc2cn(C3CCCC3)c(O)c12. The van der Waals surface area contributed by atoms with Gasteiger partial charge in [-0.15, -0.1) is 0 Å². The molecule has 0 spiro atoms. The summed E-state index contributed by atoms with van der Waals surface area (Å²) < 4.78 is 2.08. The molecule has 0 radical (unpaired) electrons. The predicted octanol–water partition coefficient (Wildman–Crippen LogP) is 4.83. The lowest BCUT2D eigenvalue weighted by molar-refractivity contribution is 0.387. The van der Waals surface area contributed by atoms with Crippen molar-refractivity contribution in [1.82, 2.24) is 9.55 Å². The highest BCUT2D eigenvalue weighted by molar-refractivity contribution is 5.94. The minimum Gasteiger partial charge on any atom is -0.494 e. The molecule has 0 unspecified atom stereocenters. The number of hydrogen-bond acceptors (Lipinski definition) is 2. The van der Waals surface area contributed by atoms with Gasteiger partial charge in [0.25, 0.3) is 0 Å². The van der Waals surface area contributed by atoms with Crippen LogP contribution < -0.4 is 0 Å². The van der Waals surface area contributed by atoms with Crippen LogP contribution in [0.15, 0.2) is 42.9 Å². The van der Waals surface area contributed by atoms with Crippen LogP contribution in [0.2, 0.25) is 0 Å². The van der Waals surface area contributed by atoms with Crippen molar-refractivity contribution in [2.45, 2.75) is 38.6 Å². The van der Waals surface area contributed by atoms with Crippen LogP contribution in [-0.4, -0.2) is 14.7 Å². The summed E-state index contributed by atoms with van der Waals surface area (Å²) in [5.74, 6) is 0.428. The lowest BCUT2D eigenvalue weighted by Gasteiger charge is -2.12. The Morgan fingerprint density at radius 2 is 2.00 bits per heavy atom. The third kappa shape index (κ3) is 2.08. The first-order valence-electron chi connectivity index (χ1n) is 7.98. The van der Waals surface area contributed by atoms with Crippen molar-refractivity contribution in [3.05, 3.63) is 48.4 Å². The van der Waals surface area contributed by atoms with Gasteiger partial charge in [-0.25, -0.2) is 0 Å². The zero-order valence-corrected chi connectivity index (χ0v) is 12.8. The first kappa shape index (κ1) is 13.4. The van der Waals surface area contributed by atoms with Gasteiger partial charge in [-0.1, -0.05) is 25.0 Å². The van der Waals surface area contributed by atoms with E-state index in [4.69, 9.17) is 0 Å². The highest BCUT2D eigenvalue weighted by Gasteiger charge is 2.21. The number of pyridine rings is 1. The molecule has 0 amide bonds. The highest BCUT2D eigenvalue weighted by atomic mass is 16.3. The largest absolute Gasteiger partial charge is 0.494 e. The first-order chi connectivity index (χ1) is 10.7. The van der Waals surface area contributed by atoms with Crippen LogP contribution in [-0.2, 0) is 0 Å². The van der Waals surface area contributed by atoms with Crippen molar-refractivity contribution in [3.63, 3.8) is 0 Å². The summed E-state index contributed by atoms with van der Waals surface area (Å²) in [5.41, 5.74) is 3.38. The molecular formula is C19H20N2O. The fourth-order valence-electron chi connectivity index (χ4n) is 3.72. The molecule has 4 rings (SSSR count). The van der Waals surface area contributed by atoms with E-state index in [0.717, 1.165) is 27.5 Å². The van der Waals surface area contributed by atoms with Crippen LogP contribution in [0.25, 0.3) is 21.9 Å². The highest BCUT2D eigenvalue weighted by Crippen LogP contribution is 2.39. The van der Waals surface area contributed by atoms with Crippen molar-refractivity contribution in [2.75, 3.05) is 0 Å². The van der Waals surface area contributed by atoms with Gasteiger partial charge in [0.2, 0.25) is 0 Å². The second kappa shape index (κ2) is 5.16. The Hall–Kier alpha value is -2.29. The number of hydrogen-bond donors (Lipinski definition) is 1. The summed E-state index contributed by atoms with van der Waals surface area (Å²) in [6.07, 6.45) is 10.7. The lowest BCUT2D eigenvalue weighted by atomic mass is 10.0. The van der Waals surface area contributed by atoms with Gasteiger partial charge in [-0.2, -0.15) is 0 Å². The van der Waals surface area contributed by atoms with Gasteiger partial charge < -0.3 is 9.67 Å². The van der Waals surface area contributed by atoms with Gasteiger partial charge in [-0.3, -0.25) is 4.98 Å². The molecule has 112 valence electrons. The summed E-state index contributed by atoms with van der Waals surface area (Å²) >= 11 is 0. The summed E-state index contributed by atoms with van der Waals surface area (Å²) in [7, 11) is 0. The maximum absolute atomic E-state index is 10.6. The normalized spacial score (nSPS) is 15.7. The van der Waals surface area contributed by atoms with Crippen LogP contribution in [0.5, 0.6) is 5.88 Å². The molecule has 1 fully saturated rings. The zero-order valence-electron chi connectivity index (χ0n) is 12.8. The lowest BCUT2D eigenvalue weighted by Crippen LogP contribution is -2.01. The Morgan fingerprint density at radius 1 is 1.18 bits per heavy atom. The van der Waals surface area contributed by atoms with Gasteiger partial charge in [0.1, 0.15) is 0 Å². The Morgan fingerprint density at radius 3 is 2.73 bits per heavy atom. The number of aromatic hydroxyl groups is 1. The molecule has 0 saturated heterocycles. The zero-order chi connectivity index (χ0) is 15.1. The van der Waals surface area contributed by atoms with Crippen molar-refractivity contribution in [1.29, 1.82) is 0 Å². The van der Waals surface area contributed by atoms with Crippen molar-refractivity contribution >= 4 is 10.8 Å². The Labute approximate surface area is 130 Å². The van der Waals surface area contributed by atoms with Gasteiger partial charge >= 0.3 is 0 Å². The van der Waals surface area contributed by atoms with Gasteiger partial charge in [0.05, 0.1) is 0 Å². The van der Waals surface area contributed by atoms with Crippen molar-refractivity contribution < 1.29 is 5.11 Å². The van der Waals surface area contributed by atoms with Crippen LogP contribution in [0.1, 0.15) is 37.3 Å². The molecule has 0 bridgehead atoms. The van der Waals surface area contributed by atoms with E-state index in [1.807, 2.05) is 12.3 Å². The molecule has 3 heteroatoms. The number of benzene rings is 1. The molecule has 1 aliphatic rings. The van der Waals surface area contributed by atoms with Crippen LogP contribution in [0.4, 0.5) is 0 Å². The average Bonchev–Trinajstić information content (AvgIpc) is 3.16. The average molecular weight is 292 g/mol. The first-order valence-corrected chi connectivity index (χ1v) is 7.98. The third-order valence-electron chi connectivity index (χ3n) is 4.83. The van der Waals surface area contributed by atoms with Crippen molar-refractivity contribution in [3.8, 4) is 17.0 Å². The van der Waals surface area contributed by atoms with E-state index in [9.17, 15) is 5.11 Å². The number of fused-ring (bicyclic) bond motifs is 1. The summed E-state index contributed by atoms with van der Waals surface area (Å²) in [5, 5.41) is 12.7. The van der Waals surface area contributed by atoms with Crippen molar-refractivity contribution in [2.24, 2.45) is 0 Å². The fraction of sp³-hybridized carbons (Fsp3) is 0.316. The topological polar surface area (TPSA) is 38.0 Å². The van der Waals surface area contributed by atoms with E-state index in [1.54, 1.807) is 6.20 Å². The fourth-order valence-corrected chi connectivity index (χ4v) is 3.72. The molecular weight excluding hydrogens is 272 g/mol. The predicted molar refractivity (Wildman–Crippen MR) is 89.1 cm³/mol. The number of aryl methyl sites for hydroxylation is 1. The Bertz CT molecular complexity index is 814. The molecule has 1 N–H and O–H groups in total. The molecule has 3 nitrogen and oxygen atoms in total.